The predicted octanol–water partition coefficient (Wildman–Crippen LogP) is 6.30. The molecule has 232 valence electrons. The van der Waals surface area contributed by atoms with E-state index in [-0.39, 0.29) is 30.5 Å². The average Bonchev–Trinajstić information content (AvgIpc) is 3.57. The largest absolute Gasteiger partial charge is 0.493 e. The number of benzene rings is 2. The van der Waals surface area contributed by atoms with Gasteiger partial charge in [0, 0.05) is 24.7 Å². The Morgan fingerprint density at radius 3 is 2.26 bits per heavy atom. The molecule has 0 bridgehead atoms. The molecular weight excluding hydrogens is 550 g/mol. The van der Waals surface area contributed by atoms with Crippen molar-refractivity contribution < 1.29 is 38.1 Å². The summed E-state index contributed by atoms with van der Waals surface area (Å²) in [6.07, 6.45) is 8.57. The van der Waals surface area contributed by atoms with Crippen molar-refractivity contribution in [2.24, 2.45) is 11.1 Å². The number of carbonyl (C=O) groups excluding carboxylic acids is 2. The predicted molar refractivity (Wildman–Crippen MR) is 160 cm³/mol. The minimum atomic E-state index is -1.16. The van der Waals surface area contributed by atoms with Gasteiger partial charge in [-0.3, -0.25) is 9.59 Å². The summed E-state index contributed by atoms with van der Waals surface area (Å²) < 4.78 is 28.5. The number of rotatable bonds is 11. The Bertz CT molecular complexity index is 1240. The second-order valence-corrected chi connectivity index (χ2v) is 11.6. The zero-order valence-electron chi connectivity index (χ0n) is 25.4. The van der Waals surface area contributed by atoms with E-state index >= 15 is 0 Å². The summed E-state index contributed by atoms with van der Waals surface area (Å²) >= 11 is 0. The summed E-state index contributed by atoms with van der Waals surface area (Å²) in [7, 11) is 4.14. The van der Waals surface area contributed by atoms with Gasteiger partial charge in [0.15, 0.2) is 17.4 Å². The lowest BCUT2D eigenvalue weighted by Crippen LogP contribution is -2.37. The molecule has 1 aliphatic heterocycles. The second-order valence-electron chi connectivity index (χ2n) is 11.6. The van der Waals surface area contributed by atoms with Crippen LogP contribution < -0.4 is 9.47 Å². The van der Waals surface area contributed by atoms with Crippen LogP contribution in [0.5, 0.6) is 11.5 Å². The SMILES string of the molecule is COC(=O)C(CC1=NO[C@@H](O[C@H]2CCCC[C@@H]2c2ccccc2)C[C@H]1c1ccc(OC)c(OC2CCCC2)c1)C(=O)OC. The Kier molecular flexibility index (Phi) is 10.6. The minimum absolute atomic E-state index is 0.00233. The van der Waals surface area contributed by atoms with Gasteiger partial charge in [0.1, 0.15) is 0 Å². The van der Waals surface area contributed by atoms with Crippen molar-refractivity contribution >= 4 is 17.7 Å². The lowest BCUT2D eigenvalue weighted by atomic mass is 9.81. The molecule has 2 aromatic rings. The Balaban J connectivity index is 1.43. The van der Waals surface area contributed by atoms with E-state index in [2.05, 4.69) is 29.4 Å². The Labute approximate surface area is 253 Å². The van der Waals surface area contributed by atoms with Crippen molar-refractivity contribution in [3.8, 4) is 11.5 Å². The average molecular weight is 594 g/mol. The standard InChI is InChI=1S/C34H43NO8/c1-38-30-18-17-23(19-31(30)41-24-13-7-8-14-24)26-21-32(43-35-28(26)20-27(33(36)39-2)34(37)40-3)42-29-16-10-9-15-25(29)22-11-5-4-6-12-22/h4-6,11-12,17-19,24-27,29,32H,7-10,13-16,20-21H2,1-3H3/t25-,26+,29+,32-/m1/s1. The number of hydrogen-bond donors (Lipinski definition) is 0. The Hall–Kier alpha value is -3.59. The van der Waals surface area contributed by atoms with Gasteiger partial charge in [-0.2, -0.15) is 0 Å². The third-order valence-electron chi connectivity index (χ3n) is 8.95. The molecule has 2 saturated carbocycles. The van der Waals surface area contributed by atoms with Gasteiger partial charge in [-0.05, 0) is 61.8 Å². The number of ether oxygens (including phenoxy) is 5. The van der Waals surface area contributed by atoms with Crippen molar-refractivity contribution in [1.29, 1.82) is 0 Å². The molecule has 2 aromatic carbocycles. The summed E-state index contributed by atoms with van der Waals surface area (Å²) in [6.45, 7) is 0. The van der Waals surface area contributed by atoms with Crippen molar-refractivity contribution in [3.05, 3.63) is 59.7 Å². The van der Waals surface area contributed by atoms with E-state index in [1.165, 1.54) is 19.8 Å². The molecule has 5 rings (SSSR count). The fourth-order valence-electron chi connectivity index (χ4n) is 6.63. The van der Waals surface area contributed by atoms with Crippen LogP contribution in [0.2, 0.25) is 0 Å². The van der Waals surface area contributed by atoms with E-state index < -0.39 is 24.1 Å². The summed E-state index contributed by atoms with van der Waals surface area (Å²) in [6, 6.07) is 16.3. The summed E-state index contributed by atoms with van der Waals surface area (Å²) in [5, 5.41) is 4.48. The first-order chi connectivity index (χ1) is 21.0. The third-order valence-corrected chi connectivity index (χ3v) is 8.95. The van der Waals surface area contributed by atoms with Crippen LogP contribution >= 0.6 is 0 Å². The highest BCUT2D eigenvalue weighted by Crippen LogP contribution is 2.41. The number of oxime groups is 1. The molecule has 0 unspecified atom stereocenters. The second kappa shape index (κ2) is 14.7. The highest BCUT2D eigenvalue weighted by Gasteiger charge is 2.39. The highest BCUT2D eigenvalue weighted by molar-refractivity contribution is 6.02. The van der Waals surface area contributed by atoms with Crippen LogP contribution in [0, 0.1) is 5.92 Å². The van der Waals surface area contributed by atoms with Gasteiger partial charge < -0.3 is 28.5 Å². The van der Waals surface area contributed by atoms with Crippen molar-refractivity contribution in [2.45, 2.75) is 94.5 Å². The first kappa shape index (κ1) is 30.9. The molecule has 2 aliphatic carbocycles. The van der Waals surface area contributed by atoms with Crippen molar-refractivity contribution in [3.63, 3.8) is 0 Å². The van der Waals surface area contributed by atoms with Gasteiger partial charge in [-0.25, -0.2) is 0 Å². The normalized spacial score (nSPS) is 24.1. The fraction of sp³-hybridized carbons (Fsp3) is 0.559. The zero-order chi connectivity index (χ0) is 30.2. The summed E-state index contributed by atoms with van der Waals surface area (Å²) in [5.74, 6) is -1.22. The van der Waals surface area contributed by atoms with Crippen LogP contribution in [0.4, 0.5) is 0 Å². The van der Waals surface area contributed by atoms with E-state index in [0.717, 1.165) is 56.9 Å². The van der Waals surface area contributed by atoms with Gasteiger partial charge in [0.2, 0.25) is 6.29 Å². The molecule has 43 heavy (non-hydrogen) atoms. The van der Waals surface area contributed by atoms with Gasteiger partial charge in [0.25, 0.3) is 0 Å². The Morgan fingerprint density at radius 2 is 1.56 bits per heavy atom. The molecule has 1 heterocycles. The molecule has 9 nitrogen and oxygen atoms in total. The third kappa shape index (κ3) is 7.50. The van der Waals surface area contributed by atoms with Crippen LogP contribution in [0.1, 0.15) is 87.2 Å². The van der Waals surface area contributed by atoms with Gasteiger partial charge in [-0.1, -0.05) is 54.4 Å². The van der Waals surface area contributed by atoms with Crippen LogP contribution in [0.25, 0.3) is 0 Å². The molecular formula is C34H43NO8. The van der Waals surface area contributed by atoms with E-state index in [4.69, 9.17) is 28.5 Å². The molecule has 0 spiro atoms. The molecule has 3 aliphatic rings. The minimum Gasteiger partial charge on any atom is -0.493 e. The van der Waals surface area contributed by atoms with E-state index in [1.807, 2.05) is 24.3 Å². The lowest BCUT2D eigenvalue weighted by molar-refractivity contribution is -0.190. The quantitative estimate of drug-likeness (QED) is 0.221. The maximum atomic E-state index is 12.6. The number of nitrogens with zero attached hydrogens (tertiary/aromatic N) is 1. The van der Waals surface area contributed by atoms with Gasteiger partial charge in [0.05, 0.1) is 39.2 Å². The first-order valence-corrected chi connectivity index (χ1v) is 15.4. The van der Waals surface area contributed by atoms with E-state index in [0.29, 0.717) is 23.6 Å². The van der Waals surface area contributed by atoms with Crippen LogP contribution in [0.15, 0.2) is 53.7 Å². The smallest absolute Gasteiger partial charge is 0.320 e. The molecule has 0 radical (unpaired) electrons. The molecule has 0 saturated heterocycles. The molecule has 9 heteroatoms. The topological polar surface area (TPSA) is 102 Å². The number of hydrogen-bond acceptors (Lipinski definition) is 9. The number of methoxy groups -OCH3 is 3. The van der Waals surface area contributed by atoms with Crippen LogP contribution in [-0.4, -0.2) is 57.5 Å². The lowest BCUT2D eigenvalue weighted by Gasteiger charge is -2.36. The van der Waals surface area contributed by atoms with Crippen LogP contribution in [-0.2, 0) is 28.6 Å². The first-order valence-electron chi connectivity index (χ1n) is 15.4. The van der Waals surface area contributed by atoms with E-state index in [9.17, 15) is 9.59 Å². The number of esters is 2. The molecule has 0 N–H and O–H groups in total. The number of carbonyl (C=O) groups is 2. The fourth-order valence-corrected chi connectivity index (χ4v) is 6.63. The molecule has 0 amide bonds. The monoisotopic (exact) mass is 593 g/mol. The molecule has 2 fully saturated rings. The van der Waals surface area contributed by atoms with Gasteiger partial charge >= 0.3 is 11.9 Å². The maximum Gasteiger partial charge on any atom is 0.320 e. The summed E-state index contributed by atoms with van der Waals surface area (Å²) in [4.78, 5) is 31.1. The highest BCUT2D eigenvalue weighted by atomic mass is 16.8. The Morgan fingerprint density at radius 1 is 0.860 bits per heavy atom. The molecule has 4 atom stereocenters. The van der Waals surface area contributed by atoms with Gasteiger partial charge in [-0.15, -0.1) is 0 Å². The van der Waals surface area contributed by atoms with Crippen molar-refractivity contribution in [2.75, 3.05) is 21.3 Å². The molecule has 0 aromatic heterocycles. The van der Waals surface area contributed by atoms with Crippen molar-refractivity contribution in [1.82, 2.24) is 0 Å². The van der Waals surface area contributed by atoms with E-state index in [1.54, 1.807) is 7.11 Å². The maximum absolute atomic E-state index is 12.6. The van der Waals surface area contributed by atoms with Crippen LogP contribution in [0.3, 0.4) is 0 Å². The zero-order valence-corrected chi connectivity index (χ0v) is 25.4. The summed E-state index contributed by atoms with van der Waals surface area (Å²) in [5.41, 5.74) is 2.73.